The molecule has 0 saturated carbocycles. The van der Waals surface area contributed by atoms with E-state index < -0.39 is 5.97 Å². The number of hydrogen-bond donors (Lipinski definition) is 3. The van der Waals surface area contributed by atoms with Crippen LogP contribution in [0.4, 0.5) is 11.4 Å². The third kappa shape index (κ3) is 2.97. The summed E-state index contributed by atoms with van der Waals surface area (Å²) in [6.45, 7) is 2.08. The summed E-state index contributed by atoms with van der Waals surface area (Å²) in [6.07, 6.45) is 0. The molecule has 2 rings (SSSR count). The first kappa shape index (κ1) is 13.2. The SMILES string of the molecule is Cc1cc(CNc2c(Cl)cc(N)cc2C(=O)O)on1. The second-order valence-electron chi connectivity index (χ2n) is 4.02. The summed E-state index contributed by atoms with van der Waals surface area (Å²) in [5.74, 6) is -0.521. The molecular weight excluding hydrogens is 270 g/mol. The molecule has 2 aromatic rings. The van der Waals surface area contributed by atoms with E-state index in [0.717, 1.165) is 5.69 Å². The Morgan fingerprint density at radius 1 is 1.53 bits per heavy atom. The van der Waals surface area contributed by atoms with Crippen molar-refractivity contribution in [1.82, 2.24) is 5.16 Å². The van der Waals surface area contributed by atoms with E-state index in [0.29, 0.717) is 17.1 Å². The van der Waals surface area contributed by atoms with Crippen molar-refractivity contribution in [2.24, 2.45) is 0 Å². The smallest absolute Gasteiger partial charge is 0.337 e. The molecule has 1 aromatic carbocycles. The van der Waals surface area contributed by atoms with E-state index >= 15 is 0 Å². The minimum absolute atomic E-state index is 0.0150. The average molecular weight is 282 g/mol. The van der Waals surface area contributed by atoms with Crippen LogP contribution in [0.3, 0.4) is 0 Å². The lowest BCUT2D eigenvalue weighted by molar-refractivity contribution is 0.0698. The Morgan fingerprint density at radius 2 is 2.26 bits per heavy atom. The van der Waals surface area contributed by atoms with Gasteiger partial charge in [0.05, 0.1) is 28.5 Å². The lowest BCUT2D eigenvalue weighted by Crippen LogP contribution is -2.07. The zero-order valence-corrected chi connectivity index (χ0v) is 10.9. The summed E-state index contributed by atoms with van der Waals surface area (Å²) in [4.78, 5) is 11.2. The van der Waals surface area contributed by atoms with Crippen molar-refractivity contribution in [2.45, 2.75) is 13.5 Å². The maximum atomic E-state index is 11.2. The average Bonchev–Trinajstić information content (AvgIpc) is 2.73. The molecule has 0 saturated heterocycles. The van der Waals surface area contributed by atoms with Gasteiger partial charge in [-0.15, -0.1) is 0 Å². The van der Waals surface area contributed by atoms with Crippen molar-refractivity contribution in [1.29, 1.82) is 0 Å². The second kappa shape index (κ2) is 5.19. The number of aromatic nitrogens is 1. The lowest BCUT2D eigenvalue weighted by atomic mass is 10.1. The molecule has 0 atom stereocenters. The van der Waals surface area contributed by atoms with Gasteiger partial charge in [-0.3, -0.25) is 0 Å². The van der Waals surface area contributed by atoms with Crippen LogP contribution >= 0.6 is 11.6 Å². The fourth-order valence-corrected chi connectivity index (χ4v) is 1.95. The van der Waals surface area contributed by atoms with E-state index in [4.69, 9.17) is 27.0 Å². The van der Waals surface area contributed by atoms with Crippen LogP contribution in [0.2, 0.25) is 5.02 Å². The Kier molecular flexibility index (Phi) is 3.62. The lowest BCUT2D eigenvalue weighted by Gasteiger charge is -2.11. The zero-order chi connectivity index (χ0) is 14.0. The molecule has 0 unspecified atom stereocenters. The van der Waals surface area contributed by atoms with Crippen molar-refractivity contribution < 1.29 is 14.4 Å². The molecule has 100 valence electrons. The van der Waals surface area contributed by atoms with Gasteiger partial charge in [-0.05, 0) is 19.1 Å². The number of carboxylic acid groups (broad SMARTS) is 1. The molecule has 0 bridgehead atoms. The van der Waals surface area contributed by atoms with Crippen molar-refractivity contribution in [3.63, 3.8) is 0 Å². The maximum Gasteiger partial charge on any atom is 0.337 e. The minimum Gasteiger partial charge on any atom is -0.478 e. The number of rotatable bonds is 4. The fourth-order valence-electron chi connectivity index (χ4n) is 1.65. The van der Waals surface area contributed by atoms with Crippen LogP contribution < -0.4 is 11.1 Å². The number of nitrogen functional groups attached to an aromatic ring is 1. The molecule has 7 heteroatoms. The molecule has 0 amide bonds. The Morgan fingerprint density at radius 3 is 2.84 bits per heavy atom. The number of aromatic carboxylic acids is 1. The number of aryl methyl sites for hydroxylation is 1. The molecule has 1 heterocycles. The van der Waals surface area contributed by atoms with E-state index in [9.17, 15) is 4.79 Å². The van der Waals surface area contributed by atoms with Crippen molar-refractivity contribution >= 4 is 28.9 Å². The summed E-state index contributed by atoms with van der Waals surface area (Å²) in [6, 6.07) is 4.59. The number of benzene rings is 1. The second-order valence-corrected chi connectivity index (χ2v) is 4.43. The molecule has 0 aliphatic heterocycles. The largest absolute Gasteiger partial charge is 0.478 e. The third-order valence-corrected chi connectivity index (χ3v) is 2.76. The summed E-state index contributed by atoms with van der Waals surface area (Å²) in [5, 5.41) is 16.0. The normalized spacial score (nSPS) is 10.4. The van der Waals surface area contributed by atoms with Gasteiger partial charge in [-0.25, -0.2) is 4.79 Å². The number of carboxylic acids is 1. The zero-order valence-electron chi connectivity index (χ0n) is 10.1. The van der Waals surface area contributed by atoms with Crippen LogP contribution in [0.1, 0.15) is 21.8 Å². The van der Waals surface area contributed by atoms with E-state index in [2.05, 4.69) is 10.5 Å². The first-order valence-electron chi connectivity index (χ1n) is 5.45. The maximum absolute atomic E-state index is 11.2. The molecule has 19 heavy (non-hydrogen) atoms. The summed E-state index contributed by atoms with van der Waals surface area (Å²) >= 11 is 6.00. The molecular formula is C12H12ClN3O3. The first-order chi connectivity index (χ1) is 8.97. The van der Waals surface area contributed by atoms with Crippen LogP contribution in [0.5, 0.6) is 0 Å². The van der Waals surface area contributed by atoms with E-state index in [1.165, 1.54) is 12.1 Å². The number of nitrogens with two attached hydrogens (primary N) is 1. The molecule has 6 nitrogen and oxygen atoms in total. The Hall–Kier alpha value is -2.21. The highest BCUT2D eigenvalue weighted by Gasteiger charge is 2.15. The number of carbonyl (C=O) groups is 1. The quantitative estimate of drug-likeness (QED) is 0.744. The standard InChI is InChI=1S/C12H12ClN3O3/c1-6-2-8(19-16-6)5-15-11-9(12(17)18)3-7(14)4-10(11)13/h2-4,15H,5,14H2,1H3,(H,17,18). The van der Waals surface area contributed by atoms with Gasteiger partial charge in [0.15, 0.2) is 5.76 Å². The summed E-state index contributed by atoms with van der Waals surface area (Å²) < 4.78 is 5.02. The van der Waals surface area contributed by atoms with Gasteiger partial charge in [0, 0.05) is 11.8 Å². The van der Waals surface area contributed by atoms with Crippen molar-refractivity contribution in [3.05, 3.63) is 40.2 Å². The highest BCUT2D eigenvalue weighted by atomic mass is 35.5. The van der Waals surface area contributed by atoms with Crippen molar-refractivity contribution in [3.8, 4) is 0 Å². The van der Waals surface area contributed by atoms with E-state index in [1.54, 1.807) is 13.0 Å². The van der Waals surface area contributed by atoms with E-state index in [1.807, 2.05) is 0 Å². The summed E-state index contributed by atoms with van der Waals surface area (Å²) in [5.41, 5.74) is 6.93. The highest BCUT2D eigenvalue weighted by Crippen LogP contribution is 2.29. The predicted molar refractivity (Wildman–Crippen MR) is 71.4 cm³/mol. The number of halogens is 1. The fraction of sp³-hybridized carbons (Fsp3) is 0.167. The molecule has 0 radical (unpaired) electrons. The molecule has 0 spiro atoms. The van der Waals surface area contributed by atoms with Crippen LogP contribution in [0.15, 0.2) is 22.7 Å². The molecule has 0 aliphatic carbocycles. The number of nitrogens with one attached hydrogen (secondary N) is 1. The van der Waals surface area contributed by atoms with Gasteiger partial charge in [-0.2, -0.15) is 0 Å². The van der Waals surface area contributed by atoms with Gasteiger partial charge in [0.25, 0.3) is 0 Å². The third-order valence-electron chi connectivity index (χ3n) is 2.46. The topological polar surface area (TPSA) is 101 Å². The van der Waals surface area contributed by atoms with Crippen LogP contribution in [-0.4, -0.2) is 16.2 Å². The Labute approximate surface area is 114 Å². The van der Waals surface area contributed by atoms with Gasteiger partial charge in [0.1, 0.15) is 0 Å². The van der Waals surface area contributed by atoms with Crippen LogP contribution in [-0.2, 0) is 6.54 Å². The Bertz CT molecular complexity index is 625. The predicted octanol–water partition coefficient (Wildman–Crippen LogP) is 2.53. The Balaban J connectivity index is 2.26. The highest BCUT2D eigenvalue weighted by molar-refractivity contribution is 6.34. The molecule has 0 aliphatic rings. The first-order valence-corrected chi connectivity index (χ1v) is 5.83. The number of nitrogens with zero attached hydrogens (tertiary/aromatic N) is 1. The number of anilines is 2. The van der Waals surface area contributed by atoms with Crippen LogP contribution in [0, 0.1) is 6.92 Å². The monoisotopic (exact) mass is 281 g/mol. The van der Waals surface area contributed by atoms with Gasteiger partial charge in [0.2, 0.25) is 0 Å². The van der Waals surface area contributed by atoms with Gasteiger partial charge in [-0.1, -0.05) is 16.8 Å². The summed E-state index contributed by atoms with van der Waals surface area (Å²) in [7, 11) is 0. The molecule has 4 N–H and O–H groups in total. The van der Waals surface area contributed by atoms with Gasteiger partial charge < -0.3 is 20.7 Å². The minimum atomic E-state index is -1.11. The number of hydrogen-bond acceptors (Lipinski definition) is 5. The van der Waals surface area contributed by atoms with E-state index in [-0.39, 0.29) is 17.1 Å². The molecule has 1 aromatic heterocycles. The molecule has 0 fully saturated rings. The van der Waals surface area contributed by atoms with Gasteiger partial charge >= 0.3 is 5.97 Å². The van der Waals surface area contributed by atoms with Crippen molar-refractivity contribution in [2.75, 3.05) is 11.1 Å². The van der Waals surface area contributed by atoms with Crippen LogP contribution in [0.25, 0.3) is 0 Å².